The van der Waals surface area contributed by atoms with Gasteiger partial charge in [-0.25, -0.2) is 0 Å². The molecule has 21 heavy (non-hydrogen) atoms. The second-order valence-electron chi connectivity index (χ2n) is 4.67. The number of nitrogens with one attached hydrogen (secondary N) is 1. The Kier molecular flexibility index (Phi) is 5.46. The van der Waals surface area contributed by atoms with Crippen LogP contribution in [-0.4, -0.2) is 21.3 Å². The summed E-state index contributed by atoms with van der Waals surface area (Å²) in [6, 6.07) is 14.0. The van der Waals surface area contributed by atoms with Crippen LogP contribution < -0.4 is 14.8 Å². The maximum Gasteiger partial charge on any atom is 0.145 e. The van der Waals surface area contributed by atoms with Crippen molar-refractivity contribution in [2.75, 3.05) is 26.6 Å². The van der Waals surface area contributed by atoms with Gasteiger partial charge < -0.3 is 19.5 Å². The Morgan fingerprint density at radius 2 is 1.71 bits per heavy atom. The van der Waals surface area contributed by atoms with Crippen molar-refractivity contribution in [2.24, 2.45) is 0 Å². The molecule has 0 aliphatic rings. The third-order valence-electron chi connectivity index (χ3n) is 3.19. The number of hydrogen-bond donors (Lipinski definition) is 1. The average molecular weight is 287 g/mol. The number of methoxy groups -OCH3 is 3. The number of ether oxygens (including phenoxy) is 3. The molecule has 0 saturated heterocycles. The van der Waals surface area contributed by atoms with Gasteiger partial charge in [-0.15, -0.1) is 0 Å². The third kappa shape index (κ3) is 4.13. The van der Waals surface area contributed by atoms with E-state index in [1.807, 2.05) is 24.3 Å². The fourth-order valence-electron chi connectivity index (χ4n) is 2.14. The lowest BCUT2D eigenvalue weighted by Crippen LogP contribution is -2.02. The molecular weight excluding hydrogens is 266 g/mol. The summed E-state index contributed by atoms with van der Waals surface area (Å²) in [6.45, 7) is 1.35. The Balaban J connectivity index is 2.07. The van der Waals surface area contributed by atoms with Gasteiger partial charge in [0.05, 0.1) is 26.5 Å². The lowest BCUT2D eigenvalue weighted by atomic mass is 10.1. The minimum atomic E-state index is 0.625. The van der Waals surface area contributed by atoms with Crippen LogP contribution in [0.3, 0.4) is 0 Å². The first-order valence-corrected chi connectivity index (χ1v) is 6.79. The zero-order valence-electron chi connectivity index (χ0n) is 12.7. The molecule has 2 rings (SSSR count). The van der Waals surface area contributed by atoms with Crippen molar-refractivity contribution >= 4 is 5.69 Å². The predicted octanol–water partition coefficient (Wildman–Crippen LogP) is 3.46. The summed E-state index contributed by atoms with van der Waals surface area (Å²) in [5.41, 5.74) is 3.30. The van der Waals surface area contributed by atoms with Crippen LogP contribution in [0.25, 0.3) is 0 Å². The molecule has 0 saturated carbocycles. The van der Waals surface area contributed by atoms with E-state index in [0.29, 0.717) is 6.61 Å². The van der Waals surface area contributed by atoms with Gasteiger partial charge in [-0.05, 0) is 23.3 Å². The highest BCUT2D eigenvalue weighted by Gasteiger charge is 2.05. The van der Waals surface area contributed by atoms with Crippen LogP contribution >= 0.6 is 0 Å². The Hall–Kier alpha value is -2.20. The van der Waals surface area contributed by atoms with E-state index in [4.69, 9.17) is 14.2 Å². The van der Waals surface area contributed by atoms with Crippen molar-refractivity contribution in [1.82, 2.24) is 0 Å². The molecule has 0 heterocycles. The van der Waals surface area contributed by atoms with Crippen LogP contribution in [-0.2, 0) is 17.9 Å². The van der Waals surface area contributed by atoms with Crippen molar-refractivity contribution in [1.29, 1.82) is 0 Å². The summed E-state index contributed by atoms with van der Waals surface area (Å²) in [6.07, 6.45) is 0. The van der Waals surface area contributed by atoms with E-state index in [1.165, 1.54) is 11.1 Å². The van der Waals surface area contributed by atoms with Gasteiger partial charge in [0.1, 0.15) is 11.5 Å². The lowest BCUT2D eigenvalue weighted by molar-refractivity contribution is 0.185. The summed E-state index contributed by atoms with van der Waals surface area (Å²) in [5.74, 6) is 1.54. The standard InChI is InChI=1S/C17H21NO3/c1-19-12-14-6-4-5-13(9-14)11-18-16-8-7-15(20-2)10-17(16)21-3/h4-10,18H,11-12H2,1-3H3. The molecule has 0 unspecified atom stereocenters. The summed E-state index contributed by atoms with van der Waals surface area (Å²) >= 11 is 0. The SMILES string of the molecule is COCc1cccc(CNc2ccc(OC)cc2OC)c1. The van der Waals surface area contributed by atoms with E-state index in [-0.39, 0.29) is 0 Å². The number of anilines is 1. The van der Waals surface area contributed by atoms with Gasteiger partial charge >= 0.3 is 0 Å². The highest BCUT2D eigenvalue weighted by molar-refractivity contribution is 5.59. The van der Waals surface area contributed by atoms with E-state index in [0.717, 1.165) is 23.7 Å². The maximum absolute atomic E-state index is 5.38. The van der Waals surface area contributed by atoms with Crippen LogP contribution in [0.1, 0.15) is 11.1 Å². The second kappa shape index (κ2) is 7.55. The molecule has 0 radical (unpaired) electrons. The Morgan fingerprint density at radius 3 is 2.43 bits per heavy atom. The monoisotopic (exact) mass is 287 g/mol. The van der Waals surface area contributed by atoms with Crippen molar-refractivity contribution in [3.8, 4) is 11.5 Å². The van der Waals surface area contributed by atoms with Crippen LogP contribution in [0.5, 0.6) is 11.5 Å². The first-order valence-electron chi connectivity index (χ1n) is 6.79. The number of rotatable bonds is 7. The smallest absolute Gasteiger partial charge is 0.145 e. The van der Waals surface area contributed by atoms with Crippen molar-refractivity contribution in [2.45, 2.75) is 13.2 Å². The Bertz CT molecular complexity index is 584. The first-order chi connectivity index (χ1) is 10.3. The van der Waals surface area contributed by atoms with Crippen LogP contribution in [0.15, 0.2) is 42.5 Å². The maximum atomic E-state index is 5.38. The van der Waals surface area contributed by atoms with Gasteiger partial charge in [0.15, 0.2) is 0 Å². The Labute approximate surface area is 125 Å². The molecule has 2 aromatic rings. The topological polar surface area (TPSA) is 39.7 Å². The van der Waals surface area contributed by atoms with Gasteiger partial charge in [-0.2, -0.15) is 0 Å². The van der Waals surface area contributed by atoms with Crippen molar-refractivity contribution in [3.63, 3.8) is 0 Å². The van der Waals surface area contributed by atoms with E-state index in [1.54, 1.807) is 21.3 Å². The van der Waals surface area contributed by atoms with E-state index in [9.17, 15) is 0 Å². The molecule has 0 aliphatic carbocycles. The number of hydrogen-bond acceptors (Lipinski definition) is 4. The molecule has 112 valence electrons. The molecule has 4 nitrogen and oxygen atoms in total. The van der Waals surface area contributed by atoms with Gasteiger partial charge in [-0.3, -0.25) is 0 Å². The van der Waals surface area contributed by atoms with Crippen LogP contribution in [0.4, 0.5) is 5.69 Å². The van der Waals surface area contributed by atoms with Crippen LogP contribution in [0, 0.1) is 0 Å². The predicted molar refractivity (Wildman–Crippen MR) is 84.0 cm³/mol. The highest BCUT2D eigenvalue weighted by atomic mass is 16.5. The molecule has 0 amide bonds. The zero-order chi connectivity index (χ0) is 15.1. The average Bonchev–Trinajstić information content (AvgIpc) is 2.53. The molecule has 2 aromatic carbocycles. The Morgan fingerprint density at radius 1 is 0.905 bits per heavy atom. The highest BCUT2D eigenvalue weighted by Crippen LogP contribution is 2.29. The minimum absolute atomic E-state index is 0.625. The quantitative estimate of drug-likeness (QED) is 0.846. The third-order valence-corrected chi connectivity index (χ3v) is 3.19. The normalized spacial score (nSPS) is 10.2. The molecule has 0 atom stereocenters. The van der Waals surface area contributed by atoms with E-state index >= 15 is 0 Å². The summed E-state index contributed by atoms with van der Waals surface area (Å²) in [4.78, 5) is 0. The van der Waals surface area contributed by atoms with E-state index in [2.05, 4.69) is 23.5 Å². The second-order valence-corrected chi connectivity index (χ2v) is 4.67. The minimum Gasteiger partial charge on any atom is -0.497 e. The van der Waals surface area contributed by atoms with Gasteiger partial charge in [0, 0.05) is 19.7 Å². The lowest BCUT2D eigenvalue weighted by Gasteiger charge is -2.13. The van der Waals surface area contributed by atoms with Gasteiger partial charge in [0.2, 0.25) is 0 Å². The summed E-state index contributed by atoms with van der Waals surface area (Å²) in [5, 5.41) is 3.38. The van der Waals surface area contributed by atoms with Crippen LogP contribution in [0.2, 0.25) is 0 Å². The fourth-order valence-corrected chi connectivity index (χ4v) is 2.14. The molecule has 0 bridgehead atoms. The fraction of sp³-hybridized carbons (Fsp3) is 0.294. The largest absolute Gasteiger partial charge is 0.497 e. The molecule has 4 heteroatoms. The molecule has 0 fully saturated rings. The van der Waals surface area contributed by atoms with Crippen molar-refractivity contribution in [3.05, 3.63) is 53.6 Å². The molecular formula is C17H21NO3. The molecule has 0 aromatic heterocycles. The molecule has 1 N–H and O–H groups in total. The van der Waals surface area contributed by atoms with Gasteiger partial charge in [-0.1, -0.05) is 24.3 Å². The zero-order valence-corrected chi connectivity index (χ0v) is 12.7. The first kappa shape index (κ1) is 15.2. The van der Waals surface area contributed by atoms with Crippen molar-refractivity contribution < 1.29 is 14.2 Å². The summed E-state index contributed by atoms with van der Waals surface area (Å²) in [7, 11) is 5.00. The number of benzene rings is 2. The molecule has 0 aliphatic heterocycles. The van der Waals surface area contributed by atoms with E-state index < -0.39 is 0 Å². The van der Waals surface area contributed by atoms with Gasteiger partial charge in [0.25, 0.3) is 0 Å². The summed E-state index contributed by atoms with van der Waals surface area (Å²) < 4.78 is 15.7. The molecule has 0 spiro atoms.